The number of rotatable bonds is 8. The van der Waals surface area contributed by atoms with Crippen molar-refractivity contribution in [2.45, 2.75) is 19.4 Å². The van der Waals surface area contributed by atoms with Gasteiger partial charge in [0, 0.05) is 25.8 Å². The van der Waals surface area contributed by atoms with E-state index in [4.69, 9.17) is 9.47 Å². The molecule has 4 heteroatoms. The van der Waals surface area contributed by atoms with Crippen molar-refractivity contribution < 1.29 is 14.3 Å². The molecule has 19 heavy (non-hydrogen) atoms. The molecule has 0 N–H and O–H groups in total. The van der Waals surface area contributed by atoms with Gasteiger partial charge in [0.15, 0.2) is 5.78 Å². The van der Waals surface area contributed by atoms with E-state index in [0.29, 0.717) is 12.2 Å². The molecule has 4 nitrogen and oxygen atoms in total. The second kappa shape index (κ2) is 7.92. The lowest BCUT2D eigenvalue weighted by molar-refractivity contribution is 0.0855. The lowest BCUT2D eigenvalue weighted by Gasteiger charge is -2.23. The summed E-state index contributed by atoms with van der Waals surface area (Å²) in [4.78, 5) is 14.4. The highest BCUT2D eigenvalue weighted by Crippen LogP contribution is 2.14. The predicted molar refractivity (Wildman–Crippen MR) is 75.9 cm³/mol. The van der Waals surface area contributed by atoms with Gasteiger partial charge in [-0.2, -0.15) is 0 Å². The standard InChI is InChI=1S/C15H23NO3/c1-12(16(2)10-5-11-18-3)15(17)13-6-8-14(19-4)9-7-13/h6-9,12H,5,10-11H2,1-4H3. The average Bonchev–Trinajstić information content (AvgIpc) is 2.46. The van der Waals surface area contributed by atoms with Crippen LogP contribution in [0, 0.1) is 0 Å². The maximum absolute atomic E-state index is 12.3. The Morgan fingerprint density at radius 2 is 1.89 bits per heavy atom. The first kappa shape index (κ1) is 15.7. The lowest BCUT2D eigenvalue weighted by atomic mass is 10.0. The molecule has 0 radical (unpaired) electrons. The molecule has 0 aliphatic heterocycles. The average molecular weight is 265 g/mol. The lowest BCUT2D eigenvalue weighted by Crippen LogP contribution is -2.37. The number of methoxy groups -OCH3 is 2. The van der Waals surface area contributed by atoms with Crippen molar-refractivity contribution in [1.82, 2.24) is 4.90 Å². The molecule has 1 aromatic rings. The molecule has 0 saturated heterocycles. The SMILES string of the molecule is COCCCN(C)C(C)C(=O)c1ccc(OC)cc1. The van der Waals surface area contributed by atoms with E-state index < -0.39 is 0 Å². The second-order valence-electron chi connectivity index (χ2n) is 4.60. The smallest absolute Gasteiger partial charge is 0.179 e. The van der Waals surface area contributed by atoms with Crippen LogP contribution >= 0.6 is 0 Å². The molecule has 0 aromatic heterocycles. The van der Waals surface area contributed by atoms with Gasteiger partial charge in [-0.25, -0.2) is 0 Å². The molecular formula is C15H23NO3. The molecule has 0 saturated carbocycles. The van der Waals surface area contributed by atoms with E-state index in [-0.39, 0.29) is 11.8 Å². The first-order valence-corrected chi connectivity index (χ1v) is 6.47. The molecule has 0 bridgehead atoms. The van der Waals surface area contributed by atoms with Gasteiger partial charge < -0.3 is 9.47 Å². The summed E-state index contributed by atoms with van der Waals surface area (Å²) in [6, 6.07) is 7.10. The molecule has 0 spiro atoms. The fourth-order valence-electron chi connectivity index (χ4n) is 1.85. The summed E-state index contributed by atoms with van der Waals surface area (Å²) in [6.45, 7) is 3.49. The zero-order chi connectivity index (χ0) is 14.3. The highest BCUT2D eigenvalue weighted by atomic mass is 16.5. The summed E-state index contributed by atoms with van der Waals surface area (Å²) in [6.07, 6.45) is 0.924. The van der Waals surface area contributed by atoms with Crippen LogP contribution < -0.4 is 4.74 Å². The first-order valence-electron chi connectivity index (χ1n) is 6.47. The van der Waals surface area contributed by atoms with Crippen LogP contribution in [-0.4, -0.2) is 51.1 Å². The Morgan fingerprint density at radius 1 is 1.26 bits per heavy atom. The zero-order valence-electron chi connectivity index (χ0n) is 12.2. The predicted octanol–water partition coefficient (Wildman–Crippen LogP) is 2.23. The highest BCUT2D eigenvalue weighted by molar-refractivity contribution is 5.99. The normalized spacial score (nSPS) is 12.5. The summed E-state index contributed by atoms with van der Waals surface area (Å²) < 4.78 is 10.1. The summed E-state index contributed by atoms with van der Waals surface area (Å²) in [7, 11) is 5.26. The van der Waals surface area contributed by atoms with Crippen molar-refractivity contribution in [3.63, 3.8) is 0 Å². The van der Waals surface area contributed by atoms with E-state index in [1.807, 2.05) is 31.0 Å². The maximum atomic E-state index is 12.3. The number of benzene rings is 1. The molecule has 0 aliphatic rings. The van der Waals surface area contributed by atoms with Crippen LogP contribution in [0.2, 0.25) is 0 Å². The monoisotopic (exact) mass is 265 g/mol. The Morgan fingerprint density at radius 3 is 2.42 bits per heavy atom. The topological polar surface area (TPSA) is 38.8 Å². The third-order valence-electron chi connectivity index (χ3n) is 3.27. The van der Waals surface area contributed by atoms with E-state index in [1.165, 1.54) is 0 Å². The maximum Gasteiger partial charge on any atom is 0.179 e. The van der Waals surface area contributed by atoms with Crippen molar-refractivity contribution >= 4 is 5.78 Å². The van der Waals surface area contributed by atoms with E-state index in [2.05, 4.69) is 0 Å². The summed E-state index contributed by atoms with van der Waals surface area (Å²) in [5.41, 5.74) is 0.715. The van der Waals surface area contributed by atoms with Crippen LogP contribution in [0.5, 0.6) is 5.75 Å². The van der Waals surface area contributed by atoms with Crippen LogP contribution in [0.25, 0.3) is 0 Å². The number of Topliss-reactive ketones (excluding diaryl/α,β-unsaturated/α-hetero) is 1. The van der Waals surface area contributed by atoms with Gasteiger partial charge in [-0.3, -0.25) is 9.69 Å². The number of carbonyl (C=O) groups excluding carboxylic acids is 1. The quantitative estimate of drug-likeness (QED) is 0.534. The van der Waals surface area contributed by atoms with E-state index in [1.54, 1.807) is 26.4 Å². The number of carbonyl (C=O) groups is 1. The fraction of sp³-hybridized carbons (Fsp3) is 0.533. The molecule has 0 fully saturated rings. The van der Waals surface area contributed by atoms with Crippen molar-refractivity contribution in [2.24, 2.45) is 0 Å². The minimum Gasteiger partial charge on any atom is -0.497 e. The van der Waals surface area contributed by atoms with Crippen LogP contribution in [0.1, 0.15) is 23.7 Å². The number of ether oxygens (including phenoxy) is 2. The van der Waals surface area contributed by atoms with Crippen molar-refractivity contribution in [3.05, 3.63) is 29.8 Å². The highest BCUT2D eigenvalue weighted by Gasteiger charge is 2.19. The summed E-state index contributed by atoms with van der Waals surface area (Å²) in [5, 5.41) is 0. The molecule has 0 heterocycles. The Bertz CT molecular complexity index is 389. The van der Waals surface area contributed by atoms with E-state index in [0.717, 1.165) is 18.7 Å². The number of likely N-dealkylation sites (N-methyl/N-ethyl adjacent to an activating group) is 1. The second-order valence-corrected chi connectivity index (χ2v) is 4.60. The van der Waals surface area contributed by atoms with E-state index >= 15 is 0 Å². The van der Waals surface area contributed by atoms with Gasteiger partial charge in [0.05, 0.1) is 13.2 Å². The van der Waals surface area contributed by atoms with Gasteiger partial charge >= 0.3 is 0 Å². The molecule has 1 unspecified atom stereocenters. The largest absolute Gasteiger partial charge is 0.497 e. The molecule has 1 atom stereocenters. The molecule has 1 aromatic carbocycles. The zero-order valence-corrected chi connectivity index (χ0v) is 12.2. The number of hydrogen-bond donors (Lipinski definition) is 0. The first-order chi connectivity index (χ1) is 9.10. The minimum absolute atomic E-state index is 0.127. The molecule has 0 amide bonds. The van der Waals surface area contributed by atoms with Gasteiger partial charge in [-0.15, -0.1) is 0 Å². The van der Waals surface area contributed by atoms with E-state index in [9.17, 15) is 4.79 Å². The Hall–Kier alpha value is -1.39. The minimum atomic E-state index is -0.134. The summed E-state index contributed by atoms with van der Waals surface area (Å²) in [5.74, 6) is 0.889. The molecule has 1 rings (SSSR count). The molecule has 106 valence electrons. The van der Waals surface area contributed by atoms with Gasteiger partial charge in [-0.1, -0.05) is 0 Å². The molecular weight excluding hydrogens is 242 g/mol. The third-order valence-corrected chi connectivity index (χ3v) is 3.27. The van der Waals surface area contributed by atoms with Crippen LogP contribution in [0.15, 0.2) is 24.3 Å². The Labute approximate surface area is 115 Å². The Kier molecular flexibility index (Phi) is 6.53. The van der Waals surface area contributed by atoms with Crippen molar-refractivity contribution in [2.75, 3.05) is 34.4 Å². The van der Waals surface area contributed by atoms with Gasteiger partial charge in [0.25, 0.3) is 0 Å². The Balaban J connectivity index is 2.59. The summed E-state index contributed by atoms with van der Waals surface area (Å²) >= 11 is 0. The van der Waals surface area contributed by atoms with Gasteiger partial charge in [0.2, 0.25) is 0 Å². The number of hydrogen-bond acceptors (Lipinski definition) is 4. The van der Waals surface area contributed by atoms with Crippen LogP contribution in [0.3, 0.4) is 0 Å². The fourth-order valence-corrected chi connectivity index (χ4v) is 1.85. The number of nitrogens with zero attached hydrogens (tertiary/aromatic N) is 1. The van der Waals surface area contributed by atoms with Gasteiger partial charge in [-0.05, 0) is 44.7 Å². The number of ketones is 1. The van der Waals surface area contributed by atoms with Crippen LogP contribution in [-0.2, 0) is 4.74 Å². The third kappa shape index (κ3) is 4.65. The van der Waals surface area contributed by atoms with Crippen molar-refractivity contribution in [1.29, 1.82) is 0 Å². The van der Waals surface area contributed by atoms with Crippen molar-refractivity contribution in [3.8, 4) is 5.75 Å². The van der Waals surface area contributed by atoms with Gasteiger partial charge in [0.1, 0.15) is 5.75 Å². The van der Waals surface area contributed by atoms with Crippen LogP contribution in [0.4, 0.5) is 0 Å². The molecule has 0 aliphatic carbocycles.